The highest BCUT2D eigenvalue weighted by molar-refractivity contribution is 8.01. The average molecular weight is 307 g/mol. The van der Waals surface area contributed by atoms with E-state index in [1.165, 1.54) is 5.57 Å². The van der Waals surface area contributed by atoms with Crippen molar-refractivity contribution in [3.63, 3.8) is 0 Å². The lowest BCUT2D eigenvalue weighted by atomic mass is 10.3. The zero-order chi connectivity index (χ0) is 14.4. The monoisotopic (exact) mass is 307 g/mol. The van der Waals surface area contributed by atoms with E-state index in [0.29, 0.717) is 0 Å². The number of thioether (sulfide) groups is 1. The first kappa shape index (κ1) is 14.9. The van der Waals surface area contributed by atoms with E-state index in [2.05, 4.69) is 35.4 Å². The van der Waals surface area contributed by atoms with Crippen LogP contribution in [0.3, 0.4) is 0 Å². The Bertz CT molecular complexity index is 592. The summed E-state index contributed by atoms with van der Waals surface area (Å²) in [5.41, 5.74) is 2.21. The Hall–Kier alpha value is -1.53. The zero-order valence-corrected chi connectivity index (χ0v) is 13.3. The van der Waals surface area contributed by atoms with Gasteiger partial charge in [0.25, 0.3) is 0 Å². The molecule has 2 aromatic rings. The van der Waals surface area contributed by atoms with Crippen LogP contribution in [0.1, 0.15) is 13.8 Å². The Kier molecular flexibility index (Phi) is 5.43. The maximum Gasteiger partial charge on any atom is 0.210 e. The van der Waals surface area contributed by atoms with Crippen molar-refractivity contribution in [2.75, 3.05) is 18.2 Å². The van der Waals surface area contributed by atoms with Crippen LogP contribution in [0.15, 0.2) is 40.3 Å². The molecule has 1 aromatic carbocycles. The molecule has 0 saturated heterocycles. The molecular weight excluding hydrogens is 290 g/mol. The number of anilines is 2. The first-order valence-corrected chi connectivity index (χ1v) is 7.99. The maximum atomic E-state index is 5.30. The van der Waals surface area contributed by atoms with Crippen molar-refractivity contribution >= 4 is 33.9 Å². The van der Waals surface area contributed by atoms with Gasteiger partial charge in [0, 0.05) is 5.75 Å². The Labute approximate surface area is 127 Å². The van der Waals surface area contributed by atoms with Crippen LogP contribution in [-0.4, -0.2) is 23.1 Å². The van der Waals surface area contributed by atoms with Gasteiger partial charge in [-0.3, -0.25) is 0 Å². The summed E-state index contributed by atoms with van der Waals surface area (Å²) in [6, 6.07) is 7.76. The molecular formula is C14H17N3OS2. The molecule has 1 aromatic heterocycles. The number of methoxy groups -OCH3 is 1. The third-order valence-corrected chi connectivity index (χ3v) is 4.35. The zero-order valence-electron chi connectivity index (χ0n) is 11.7. The van der Waals surface area contributed by atoms with Crippen molar-refractivity contribution in [1.29, 1.82) is 0 Å². The summed E-state index contributed by atoms with van der Waals surface area (Å²) in [5, 5.41) is 12.3. The molecule has 0 bridgehead atoms. The topological polar surface area (TPSA) is 47.0 Å². The smallest absolute Gasteiger partial charge is 0.210 e. The quantitative estimate of drug-likeness (QED) is 0.635. The van der Waals surface area contributed by atoms with Gasteiger partial charge in [-0.2, -0.15) is 0 Å². The van der Waals surface area contributed by atoms with Crippen LogP contribution in [-0.2, 0) is 0 Å². The Morgan fingerprint density at radius 1 is 1.35 bits per heavy atom. The van der Waals surface area contributed by atoms with Crippen LogP contribution in [0.2, 0.25) is 0 Å². The van der Waals surface area contributed by atoms with Gasteiger partial charge < -0.3 is 10.1 Å². The maximum absolute atomic E-state index is 5.30. The first-order chi connectivity index (χ1) is 9.69. The number of allylic oxidation sites excluding steroid dienone is 1. The molecule has 0 unspecified atom stereocenters. The third kappa shape index (κ3) is 4.25. The predicted octanol–water partition coefficient (Wildman–Crippen LogP) is 4.35. The fourth-order valence-electron chi connectivity index (χ4n) is 1.46. The highest BCUT2D eigenvalue weighted by Crippen LogP contribution is 2.31. The largest absolute Gasteiger partial charge is 0.495 e. The van der Waals surface area contributed by atoms with Gasteiger partial charge in [-0.15, -0.1) is 10.2 Å². The van der Waals surface area contributed by atoms with Crippen molar-refractivity contribution in [2.45, 2.75) is 18.2 Å². The van der Waals surface area contributed by atoms with Crippen molar-refractivity contribution < 1.29 is 4.74 Å². The van der Waals surface area contributed by atoms with Crippen molar-refractivity contribution in [3.05, 3.63) is 35.9 Å². The molecule has 4 nitrogen and oxygen atoms in total. The summed E-state index contributed by atoms with van der Waals surface area (Å²) in [6.07, 6.45) is 2.18. The minimum Gasteiger partial charge on any atom is -0.495 e. The molecule has 0 aliphatic heterocycles. The summed E-state index contributed by atoms with van der Waals surface area (Å²) in [5.74, 6) is 1.72. The van der Waals surface area contributed by atoms with Crippen molar-refractivity contribution in [1.82, 2.24) is 10.2 Å². The van der Waals surface area contributed by atoms with Gasteiger partial charge in [-0.05, 0) is 26.0 Å². The number of hydrogen-bond acceptors (Lipinski definition) is 6. The lowest BCUT2D eigenvalue weighted by Crippen LogP contribution is -1.93. The van der Waals surface area contributed by atoms with E-state index < -0.39 is 0 Å². The Morgan fingerprint density at radius 2 is 2.15 bits per heavy atom. The lowest BCUT2D eigenvalue weighted by Gasteiger charge is -2.07. The first-order valence-electron chi connectivity index (χ1n) is 6.18. The summed E-state index contributed by atoms with van der Waals surface area (Å²) in [4.78, 5) is 0. The van der Waals surface area contributed by atoms with E-state index in [0.717, 1.165) is 26.7 Å². The van der Waals surface area contributed by atoms with E-state index in [4.69, 9.17) is 4.74 Å². The molecule has 1 heterocycles. The number of ether oxygens (including phenoxy) is 1. The number of hydrogen-bond donors (Lipinski definition) is 1. The molecule has 0 spiro atoms. The molecule has 1 N–H and O–H groups in total. The molecule has 106 valence electrons. The second-order valence-electron chi connectivity index (χ2n) is 4.29. The van der Waals surface area contributed by atoms with Crippen LogP contribution in [0.25, 0.3) is 0 Å². The van der Waals surface area contributed by atoms with Crippen molar-refractivity contribution in [2.24, 2.45) is 0 Å². The molecule has 20 heavy (non-hydrogen) atoms. The van der Waals surface area contributed by atoms with Gasteiger partial charge in [0.05, 0.1) is 12.8 Å². The summed E-state index contributed by atoms with van der Waals surface area (Å²) >= 11 is 3.23. The Morgan fingerprint density at radius 3 is 2.90 bits per heavy atom. The van der Waals surface area contributed by atoms with Gasteiger partial charge in [-0.25, -0.2) is 0 Å². The number of aromatic nitrogens is 2. The number of nitrogens with one attached hydrogen (secondary N) is 1. The predicted molar refractivity (Wildman–Crippen MR) is 86.3 cm³/mol. The standard InChI is InChI=1S/C14H17N3OS2/c1-10(2)8-9-19-14-17-16-13(20-14)15-11-6-4-5-7-12(11)18-3/h4-8H,9H2,1-3H3,(H,15,16). The van der Waals surface area contributed by atoms with Crippen LogP contribution in [0, 0.1) is 0 Å². The van der Waals surface area contributed by atoms with Gasteiger partial charge in [0.1, 0.15) is 5.75 Å². The van der Waals surface area contributed by atoms with E-state index in [-0.39, 0.29) is 0 Å². The molecule has 0 aliphatic rings. The number of benzene rings is 1. The van der Waals surface area contributed by atoms with E-state index in [1.807, 2.05) is 24.3 Å². The Balaban J connectivity index is 2.00. The average Bonchev–Trinajstić information content (AvgIpc) is 2.86. The molecule has 0 saturated carbocycles. The van der Waals surface area contributed by atoms with E-state index in [9.17, 15) is 0 Å². The SMILES string of the molecule is COc1ccccc1Nc1nnc(SCC=C(C)C)s1. The van der Waals surface area contributed by atoms with Crippen LogP contribution < -0.4 is 10.1 Å². The summed E-state index contributed by atoms with van der Waals surface area (Å²) in [7, 11) is 1.65. The highest BCUT2D eigenvalue weighted by Gasteiger charge is 2.07. The molecule has 0 radical (unpaired) electrons. The number of nitrogens with zero attached hydrogens (tertiary/aromatic N) is 2. The fourth-order valence-corrected chi connectivity index (χ4v) is 3.29. The molecule has 0 fully saturated rings. The molecule has 0 atom stereocenters. The minimum absolute atomic E-state index is 0.772. The molecule has 0 amide bonds. The number of para-hydroxylation sites is 2. The van der Waals surface area contributed by atoms with E-state index in [1.54, 1.807) is 30.2 Å². The third-order valence-electron chi connectivity index (χ3n) is 2.45. The van der Waals surface area contributed by atoms with Crippen LogP contribution >= 0.6 is 23.1 Å². The minimum atomic E-state index is 0.772. The van der Waals surface area contributed by atoms with E-state index >= 15 is 0 Å². The fraction of sp³-hybridized carbons (Fsp3) is 0.286. The van der Waals surface area contributed by atoms with Crippen LogP contribution in [0.5, 0.6) is 5.75 Å². The van der Waals surface area contributed by atoms with Gasteiger partial charge in [0.2, 0.25) is 5.13 Å². The normalized spacial score (nSPS) is 10.2. The molecule has 0 aliphatic carbocycles. The lowest BCUT2D eigenvalue weighted by molar-refractivity contribution is 0.417. The van der Waals surface area contributed by atoms with Crippen LogP contribution in [0.4, 0.5) is 10.8 Å². The molecule has 6 heteroatoms. The number of rotatable bonds is 6. The second kappa shape index (κ2) is 7.31. The van der Waals surface area contributed by atoms with Gasteiger partial charge in [0.15, 0.2) is 4.34 Å². The summed E-state index contributed by atoms with van der Waals surface area (Å²) in [6.45, 7) is 4.19. The van der Waals surface area contributed by atoms with Gasteiger partial charge >= 0.3 is 0 Å². The summed E-state index contributed by atoms with van der Waals surface area (Å²) < 4.78 is 6.25. The molecule has 2 rings (SSSR count). The second-order valence-corrected chi connectivity index (χ2v) is 6.54. The highest BCUT2D eigenvalue weighted by atomic mass is 32.2. The van der Waals surface area contributed by atoms with Crippen molar-refractivity contribution in [3.8, 4) is 5.75 Å². The van der Waals surface area contributed by atoms with Gasteiger partial charge in [-0.1, -0.05) is 46.9 Å².